The molecular formula is C17H18N4O3. The van der Waals surface area contributed by atoms with E-state index in [4.69, 9.17) is 15.3 Å². The number of carbonyl (C=O) groups excluding carboxylic acids is 1. The highest BCUT2D eigenvalue weighted by Crippen LogP contribution is 2.32. The number of H-pyrrole nitrogens is 1. The van der Waals surface area contributed by atoms with Crippen molar-refractivity contribution in [3.63, 3.8) is 0 Å². The highest BCUT2D eigenvalue weighted by molar-refractivity contribution is 5.97. The quantitative estimate of drug-likeness (QED) is 0.379. The zero-order chi connectivity index (χ0) is 17.1. The third-order valence-corrected chi connectivity index (χ3v) is 3.61. The molecule has 0 saturated heterocycles. The van der Waals surface area contributed by atoms with E-state index >= 15 is 0 Å². The summed E-state index contributed by atoms with van der Waals surface area (Å²) in [4.78, 5) is 19.4. The van der Waals surface area contributed by atoms with Gasteiger partial charge in [0.05, 0.1) is 24.8 Å². The average molecular weight is 326 g/mol. The number of fused-ring (bicyclic) bond motifs is 1. The van der Waals surface area contributed by atoms with E-state index < -0.39 is 0 Å². The molecule has 0 aliphatic rings. The number of aromatic amines is 1. The Bertz CT molecular complexity index is 889. The molecule has 1 aromatic heterocycles. The first-order valence-electron chi connectivity index (χ1n) is 7.48. The number of nitrogens with zero attached hydrogens (tertiary/aromatic N) is 1. The van der Waals surface area contributed by atoms with Crippen molar-refractivity contribution >= 4 is 16.9 Å². The summed E-state index contributed by atoms with van der Waals surface area (Å²) in [5.41, 5.74) is 4.94. The summed E-state index contributed by atoms with van der Waals surface area (Å²) in [6.07, 6.45) is 0. The van der Waals surface area contributed by atoms with Crippen molar-refractivity contribution in [1.29, 1.82) is 0 Å². The molecule has 0 atom stereocenters. The van der Waals surface area contributed by atoms with Crippen molar-refractivity contribution < 1.29 is 14.3 Å². The predicted octanol–water partition coefficient (Wildman–Crippen LogP) is 2.24. The van der Waals surface area contributed by atoms with Crippen molar-refractivity contribution in [3.05, 3.63) is 42.0 Å². The highest BCUT2D eigenvalue weighted by atomic mass is 16.5. The number of nitrogens with two attached hydrogens (primary N) is 1. The number of nitrogens with one attached hydrogen (secondary N) is 2. The number of hydrazine groups is 1. The molecular weight excluding hydrogens is 308 g/mol. The number of rotatable bonds is 5. The number of hydrogen-bond donors (Lipinski definition) is 3. The molecule has 2 aromatic carbocycles. The van der Waals surface area contributed by atoms with Crippen LogP contribution < -0.4 is 20.7 Å². The lowest BCUT2D eigenvalue weighted by Gasteiger charge is -2.09. The van der Waals surface area contributed by atoms with Crippen molar-refractivity contribution in [2.45, 2.75) is 6.92 Å². The van der Waals surface area contributed by atoms with Crippen molar-refractivity contribution in [2.75, 3.05) is 13.7 Å². The van der Waals surface area contributed by atoms with Gasteiger partial charge in [0.25, 0.3) is 5.91 Å². The van der Waals surface area contributed by atoms with E-state index in [1.807, 2.05) is 25.1 Å². The minimum absolute atomic E-state index is 0.351. The Morgan fingerprint density at radius 3 is 2.79 bits per heavy atom. The Labute approximate surface area is 138 Å². The summed E-state index contributed by atoms with van der Waals surface area (Å²) in [6.45, 7) is 2.48. The van der Waals surface area contributed by atoms with Crippen LogP contribution in [0, 0.1) is 0 Å². The summed E-state index contributed by atoms with van der Waals surface area (Å²) in [5, 5.41) is 0. The van der Waals surface area contributed by atoms with Crippen LogP contribution in [0.1, 0.15) is 17.3 Å². The first kappa shape index (κ1) is 15.8. The maximum atomic E-state index is 11.6. The second-order valence-electron chi connectivity index (χ2n) is 5.09. The minimum atomic E-state index is -0.351. The minimum Gasteiger partial charge on any atom is -0.493 e. The SMILES string of the molecule is CCOc1ccc(-c2nc3ccc(C(=O)NN)cc3[nH]2)cc1OC. The van der Waals surface area contributed by atoms with Crippen LogP contribution in [0.15, 0.2) is 36.4 Å². The largest absolute Gasteiger partial charge is 0.493 e. The van der Waals surface area contributed by atoms with Gasteiger partial charge in [-0.05, 0) is 43.3 Å². The lowest BCUT2D eigenvalue weighted by atomic mass is 10.2. The summed E-state index contributed by atoms with van der Waals surface area (Å²) < 4.78 is 10.9. The van der Waals surface area contributed by atoms with Gasteiger partial charge in [-0.3, -0.25) is 10.2 Å². The molecule has 3 rings (SSSR count). The summed E-state index contributed by atoms with van der Waals surface area (Å²) in [5.74, 6) is 6.81. The van der Waals surface area contributed by atoms with Crippen LogP contribution >= 0.6 is 0 Å². The lowest BCUT2D eigenvalue weighted by molar-refractivity contribution is 0.0954. The summed E-state index contributed by atoms with van der Waals surface area (Å²) in [7, 11) is 1.60. The molecule has 7 heteroatoms. The van der Waals surface area contributed by atoms with Crippen LogP contribution in [-0.4, -0.2) is 29.6 Å². The molecule has 4 N–H and O–H groups in total. The van der Waals surface area contributed by atoms with Gasteiger partial charge in [0.15, 0.2) is 11.5 Å². The van der Waals surface area contributed by atoms with E-state index in [9.17, 15) is 4.79 Å². The van der Waals surface area contributed by atoms with E-state index in [2.05, 4.69) is 15.4 Å². The van der Waals surface area contributed by atoms with Crippen LogP contribution in [0.5, 0.6) is 11.5 Å². The Morgan fingerprint density at radius 2 is 2.08 bits per heavy atom. The lowest BCUT2D eigenvalue weighted by Crippen LogP contribution is -2.29. The zero-order valence-corrected chi connectivity index (χ0v) is 13.4. The van der Waals surface area contributed by atoms with Crippen molar-refractivity contribution in [3.8, 4) is 22.9 Å². The van der Waals surface area contributed by atoms with Crippen molar-refractivity contribution in [1.82, 2.24) is 15.4 Å². The maximum absolute atomic E-state index is 11.6. The molecule has 0 spiro atoms. The zero-order valence-electron chi connectivity index (χ0n) is 13.4. The molecule has 0 saturated carbocycles. The topological polar surface area (TPSA) is 102 Å². The van der Waals surface area contributed by atoms with E-state index in [-0.39, 0.29) is 5.91 Å². The number of carbonyl (C=O) groups is 1. The number of nitrogen functional groups attached to an aromatic ring is 1. The fourth-order valence-corrected chi connectivity index (χ4v) is 2.46. The van der Waals surface area contributed by atoms with Gasteiger partial charge in [0.2, 0.25) is 0 Å². The van der Waals surface area contributed by atoms with Gasteiger partial charge in [-0.2, -0.15) is 0 Å². The van der Waals surface area contributed by atoms with Gasteiger partial charge in [0, 0.05) is 11.1 Å². The second kappa shape index (κ2) is 6.59. The normalized spacial score (nSPS) is 10.6. The highest BCUT2D eigenvalue weighted by Gasteiger charge is 2.12. The standard InChI is InChI=1S/C17H18N4O3/c1-3-24-14-7-5-10(9-15(14)23-2)16-19-12-6-4-11(17(22)21-18)8-13(12)20-16/h4-9H,3,18H2,1-2H3,(H,19,20)(H,21,22). The molecule has 24 heavy (non-hydrogen) atoms. The molecule has 0 aliphatic carbocycles. The number of methoxy groups -OCH3 is 1. The third kappa shape index (κ3) is 2.89. The van der Waals surface area contributed by atoms with E-state index in [0.29, 0.717) is 29.5 Å². The van der Waals surface area contributed by atoms with Gasteiger partial charge in [0.1, 0.15) is 5.82 Å². The van der Waals surface area contributed by atoms with Crippen LogP contribution in [0.2, 0.25) is 0 Å². The van der Waals surface area contributed by atoms with E-state index in [0.717, 1.165) is 16.6 Å². The first-order valence-corrected chi connectivity index (χ1v) is 7.48. The second-order valence-corrected chi connectivity index (χ2v) is 5.09. The molecule has 0 radical (unpaired) electrons. The molecule has 124 valence electrons. The first-order chi connectivity index (χ1) is 11.7. The molecule has 1 heterocycles. The van der Waals surface area contributed by atoms with Crippen molar-refractivity contribution in [2.24, 2.45) is 5.84 Å². The smallest absolute Gasteiger partial charge is 0.265 e. The molecule has 7 nitrogen and oxygen atoms in total. The van der Waals surface area contributed by atoms with Crippen LogP contribution in [0.4, 0.5) is 0 Å². The fraction of sp³-hybridized carbons (Fsp3) is 0.176. The molecule has 1 amide bonds. The van der Waals surface area contributed by atoms with Crippen LogP contribution in [0.3, 0.4) is 0 Å². The van der Waals surface area contributed by atoms with E-state index in [1.165, 1.54) is 0 Å². The van der Waals surface area contributed by atoms with Crippen LogP contribution in [-0.2, 0) is 0 Å². The molecule has 0 aliphatic heterocycles. The van der Waals surface area contributed by atoms with E-state index in [1.54, 1.807) is 25.3 Å². The summed E-state index contributed by atoms with van der Waals surface area (Å²) >= 11 is 0. The van der Waals surface area contributed by atoms with Gasteiger partial charge < -0.3 is 14.5 Å². The predicted molar refractivity (Wildman–Crippen MR) is 90.9 cm³/mol. The third-order valence-electron chi connectivity index (χ3n) is 3.61. The Kier molecular flexibility index (Phi) is 4.35. The fourth-order valence-electron chi connectivity index (χ4n) is 2.46. The number of amides is 1. The van der Waals surface area contributed by atoms with Gasteiger partial charge >= 0.3 is 0 Å². The number of benzene rings is 2. The maximum Gasteiger partial charge on any atom is 0.265 e. The molecule has 3 aromatic rings. The molecule has 0 unspecified atom stereocenters. The van der Waals surface area contributed by atoms with Gasteiger partial charge in [-0.15, -0.1) is 0 Å². The molecule has 0 fully saturated rings. The monoisotopic (exact) mass is 326 g/mol. The Balaban J connectivity index is 2.01. The number of imidazole rings is 1. The number of ether oxygens (including phenoxy) is 2. The average Bonchev–Trinajstić information content (AvgIpc) is 3.04. The molecule has 0 bridgehead atoms. The Morgan fingerprint density at radius 1 is 1.25 bits per heavy atom. The van der Waals surface area contributed by atoms with Crippen LogP contribution in [0.25, 0.3) is 22.4 Å². The number of aromatic nitrogens is 2. The van der Waals surface area contributed by atoms with Gasteiger partial charge in [-0.1, -0.05) is 0 Å². The number of hydrogen-bond acceptors (Lipinski definition) is 5. The summed E-state index contributed by atoms with van der Waals surface area (Å²) in [6, 6.07) is 10.8. The van der Waals surface area contributed by atoms with Gasteiger partial charge in [-0.25, -0.2) is 10.8 Å². The Hall–Kier alpha value is -3.06.